The molecule has 0 aliphatic rings. The molecule has 0 spiro atoms. The van der Waals surface area contributed by atoms with E-state index in [9.17, 15) is 14.0 Å². The maximum absolute atomic E-state index is 13.0. The molecule has 1 aromatic rings. The Hall–Kier alpha value is -2.17. The standard InChI is InChI=1S/C15H18FNO3/c1-3-9-15(2,14(19)20)17-13(18)8-7-11-5-4-6-12(16)10-11/h4-8,10H,3,9H2,1-2H3,(H,17,18)(H,19,20)/b8-7+. The van der Waals surface area contributed by atoms with E-state index in [-0.39, 0.29) is 0 Å². The van der Waals surface area contributed by atoms with Gasteiger partial charge >= 0.3 is 5.97 Å². The molecule has 2 N–H and O–H groups in total. The number of hydrogen-bond donors (Lipinski definition) is 2. The molecule has 0 saturated carbocycles. The van der Waals surface area contributed by atoms with Gasteiger partial charge < -0.3 is 10.4 Å². The molecule has 1 amide bonds. The van der Waals surface area contributed by atoms with E-state index in [1.165, 1.54) is 37.3 Å². The molecule has 0 saturated heterocycles. The zero-order valence-electron chi connectivity index (χ0n) is 11.5. The Labute approximate surface area is 117 Å². The Morgan fingerprint density at radius 3 is 2.70 bits per heavy atom. The minimum Gasteiger partial charge on any atom is -0.480 e. The molecule has 0 aliphatic carbocycles. The van der Waals surface area contributed by atoms with Gasteiger partial charge in [0.15, 0.2) is 0 Å². The number of rotatable bonds is 6. The van der Waals surface area contributed by atoms with Gasteiger partial charge in [-0.3, -0.25) is 4.79 Å². The average molecular weight is 279 g/mol. The van der Waals surface area contributed by atoms with E-state index in [2.05, 4.69) is 5.32 Å². The second kappa shape index (κ2) is 6.84. The van der Waals surface area contributed by atoms with Crippen molar-refractivity contribution in [3.63, 3.8) is 0 Å². The van der Waals surface area contributed by atoms with Gasteiger partial charge in [0.1, 0.15) is 11.4 Å². The summed E-state index contributed by atoms with van der Waals surface area (Å²) in [5, 5.41) is 11.6. The van der Waals surface area contributed by atoms with E-state index < -0.39 is 23.2 Å². The molecule has 20 heavy (non-hydrogen) atoms. The topological polar surface area (TPSA) is 66.4 Å². The fraction of sp³-hybridized carbons (Fsp3) is 0.333. The van der Waals surface area contributed by atoms with Crippen LogP contribution < -0.4 is 5.32 Å². The van der Waals surface area contributed by atoms with Gasteiger partial charge in [-0.05, 0) is 37.1 Å². The highest BCUT2D eigenvalue weighted by molar-refractivity contribution is 5.95. The van der Waals surface area contributed by atoms with Crippen molar-refractivity contribution in [1.29, 1.82) is 0 Å². The van der Waals surface area contributed by atoms with Gasteiger partial charge in [0.25, 0.3) is 0 Å². The van der Waals surface area contributed by atoms with Crippen molar-refractivity contribution >= 4 is 18.0 Å². The minimum atomic E-state index is -1.29. The van der Waals surface area contributed by atoms with Crippen molar-refractivity contribution in [2.45, 2.75) is 32.2 Å². The first-order chi connectivity index (χ1) is 9.37. The first-order valence-electron chi connectivity index (χ1n) is 6.36. The van der Waals surface area contributed by atoms with Crippen LogP contribution in [0.25, 0.3) is 6.08 Å². The van der Waals surface area contributed by atoms with E-state index >= 15 is 0 Å². The summed E-state index contributed by atoms with van der Waals surface area (Å²) >= 11 is 0. The molecule has 4 nitrogen and oxygen atoms in total. The molecule has 108 valence electrons. The largest absolute Gasteiger partial charge is 0.480 e. The van der Waals surface area contributed by atoms with Crippen LogP contribution in [0.1, 0.15) is 32.3 Å². The van der Waals surface area contributed by atoms with Gasteiger partial charge in [0.05, 0.1) is 0 Å². The van der Waals surface area contributed by atoms with Gasteiger partial charge in [-0.2, -0.15) is 0 Å². The summed E-state index contributed by atoms with van der Waals surface area (Å²) in [5.41, 5.74) is -0.759. The molecular formula is C15H18FNO3. The van der Waals surface area contributed by atoms with Crippen LogP contribution in [0.4, 0.5) is 4.39 Å². The lowest BCUT2D eigenvalue weighted by atomic mass is 9.96. The number of halogens is 1. The van der Waals surface area contributed by atoms with Crippen molar-refractivity contribution in [2.75, 3.05) is 0 Å². The SMILES string of the molecule is CCCC(C)(NC(=O)/C=C/c1cccc(F)c1)C(=O)O. The van der Waals surface area contributed by atoms with Gasteiger partial charge in [-0.25, -0.2) is 9.18 Å². The second-order valence-electron chi connectivity index (χ2n) is 4.76. The molecule has 0 heterocycles. The third kappa shape index (κ3) is 4.50. The highest BCUT2D eigenvalue weighted by atomic mass is 19.1. The Morgan fingerprint density at radius 2 is 2.15 bits per heavy atom. The molecule has 0 radical (unpaired) electrons. The van der Waals surface area contributed by atoms with Gasteiger partial charge in [0.2, 0.25) is 5.91 Å². The highest BCUT2D eigenvalue weighted by Gasteiger charge is 2.33. The number of carbonyl (C=O) groups is 2. The zero-order chi connectivity index (χ0) is 15.2. The van der Waals surface area contributed by atoms with Crippen molar-refractivity contribution in [2.24, 2.45) is 0 Å². The van der Waals surface area contributed by atoms with Crippen LogP contribution >= 0.6 is 0 Å². The lowest BCUT2D eigenvalue weighted by Gasteiger charge is -2.24. The third-order valence-corrected chi connectivity index (χ3v) is 2.90. The quantitative estimate of drug-likeness (QED) is 0.787. The number of nitrogens with one attached hydrogen (secondary N) is 1. The van der Waals surface area contributed by atoms with E-state index in [1.54, 1.807) is 6.07 Å². The molecule has 0 aliphatic heterocycles. The highest BCUT2D eigenvalue weighted by Crippen LogP contribution is 2.13. The van der Waals surface area contributed by atoms with Crippen LogP contribution in [0.5, 0.6) is 0 Å². The van der Waals surface area contributed by atoms with Crippen molar-refractivity contribution in [3.05, 3.63) is 41.7 Å². The summed E-state index contributed by atoms with van der Waals surface area (Å²) < 4.78 is 13.0. The van der Waals surface area contributed by atoms with Gasteiger partial charge in [0, 0.05) is 6.08 Å². The van der Waals surface area contributed by atoms with E-state index in [1.807, 2.05) is 6.92 Å². The van der Waals surface area contributed by atoms with Crippen molar-refractivity contribution in [3.8, 4) is 0 Å². The fourth-order valence-corrected chi connectivity index (χ4v) is 1.82. The van der Waals surface area contributed by atoms with E-state index in [0.717, 1.165) is 0 Å². The van der Waals surface area contributed by atoms with Crippen molar-refractivity contribution in [1.82, 2.24) is 5.32 Å². The number of hydrogen-bond acceptors (Lipinski definition) is 2. The van der Waals surface area contributed by atoms with E-state index in [4.69, 9.17) is 5.11 Å². The van der Waals surface area contributed by atoms with Crippen molar-refractivity contribution < 1.29 is 19.1 Å². The molecule has 1 rings (SSSR count). The first kappa shape index (κ1) is 15.9. The summed E-state index contributed by atoms with van der Waals surface area (Å²) in [4.78, 5) is 22.9. The summed E-state index contributed by atoms with van der Waals surface area (Å²) in [5.74, 6) is -1.99. The summed E-state index contributed by atoms with van der Waals surface area (Å²) in [6.45, 7) is 3.31. The third-order valence-electron chi connectivity index (χ3n) is 2.90. The number of carboxylic acid groups (broad SMARTS) is 1. The molecule has 1 aromatic carbocycles. The summed E-state index contributed by atoms with van der Waals surface area (Å²) in [6, 6.07) is 5.77. The van der Waals surface area contributed by atoms with Gasteiger partial charge in [-0.1, -0.05) is 25.5 Å². The number of aliphatic carboxylic acids is 1. The number of carboxylic acids is 1. The number of benzene rings is 1. The molecule has 1 atom stereocenters. The van der Waals surface area contributed by atoms with Crippen LogP contribution in [0.3, 0.4) is 0 Å². The first-order valence-corrected chi connectivity index (χ1v) is 6.36. The molecular weight excluding hydrogens is 261 g/mol. The molecule has 0 aromatic heterocycles. The smallest absolute Gasteiger partial charge is 0.329 e. The fourth-order valence-electron chi connectivity index (χ4n) is 1.82. The van der Waals surface area contributed by atoms with Crippen LogP contribution in [0, 0.1) is 5.82 Å². The number of amides is 1. The Bertz CT molecular complexity index is 528. The Kier molecular flexibility index (Phi) is 5.43. The van der Waals surface area contributed by atoms with Crippen LogP contribution in [0.15, 0.2) is 30.3 Å². The zero-order valence-corrected chi connectivity index (χ0v) is 11.5. The lowest BCUT2D eigenvalue weighted by Crippen LogP contribution is -2.51. The van der Waals surface area contributed by atoms with E-state index in [0.29, 0.717) is 18.4 Å². The van der Waals surface area contributed by atoms with Crippen LogP contribution in [-0.2, 0) is 9.59 Å². The average Bonchev–Trinajstić information content (AvgIpc) is 2.36. The Balaban J connectivity index is 2.73. The molecule has 0 fully saturated rings. The maximum atomic E-state index is 13.0. The minimum absolute atomic E-state index is 0.335. The second-order valence-corrected chi connectivity index (χ2v) is 4.76. The summed E-state index contributed by atoms with van der Waals surface area (Å²) in [7, 11) is 0. The van der Waals surface area contributed by atoms with Crippen LogP contribution in [-0.4, -0.2) is 22.5 Å². The number of carbonyl (C=O) groups excluding carboxylic acids is 1. The van der Waals surface area contributed by atoms with Gasteiger partial charge in [-0.15, -0.1) is 0 Å². The molecule has 1 unspecified atom stereocenters. The monoisotopic (exact) mass is 279 g/mol. The lowest BCUT2D eigenvalue weighted by molar-refractivity contribution is -0.146. The maximum Gasteiger partial charge on any atom is 0.329 e. The predicted octanol–water partition coefficient (Wildman–Crippen LogP) is 2.60. The van der Waals surface area contributed by atoms with Crippen LogP contribution in [0.2, 0.25) is 0 Å². The summed E-state index contributed by atoms with van der Waals surface area (Å²) in [6.07, 6.45) is 3.61. The molecule has 0 bridgehead atoms. The Morgan fingerprint density at radius 1 is 1.45 bits per heavy atom. The normalized spacial score (nSPS) is 13.9. The molecule has 5 heteroatoms. The predicted molar refractivity (Wildman–Crippen MR) is 74.5 cm³/mol.